The predicted octanol–water partition coefficient (Wildman–Crippen LogP) is 1.28. The molecular weight excluding hydrogens is 340 g/mol. The third kappa shape index (κ3) is 5.15. The zero-order valence-corrected chi connectivity index (χ0v) is 15.5. The van der Waals surface area contributed by atoms with E-state index < -0.39 is 10.0 Å². The van der Waals surface area contributed by atoms with Crippen LogP contribution < -0.4 is 4.72 Å². The van der Waals surface area contributed by atoms with Gasteiger partial charge in [-0.15, -0.1) is 0 Å². The van der Waals surface area contributed by atoms with Crippen molar-refractivity contribution in [2.45, 2.75) is 45.2 Å². The number of carbonyl (C=O) groups is 1. The molecule has 0 spiro atoms. The van der Waals surface area contributed by atoms with Crippen LogP contribution >= 0.6 is 0 Å². The largest absolute Gasteiger partial charge is 0.336 e. The number of rotatable bonds is 5. The molecule has 1 aromatic heterocycles. The van der Waals surface area contributed by atoms with Crippen molar-refractivity contribution in [2.24, 2.45) is 5.92 Å². The van der Waals surface area contributed by atoms with Crippen LogP contribution in [0.5, 0.6) is 0 Å². The van der Waals surface area contributed by atoms with Gasteiger partial charge in [-0.25, -0.2) is 13.1 Å². The number of hydrogen-bond donors (Lipinski definition) is 1. The summed E-state index contributed by atoms with van der Waals surface area (Å²) in [6.07, 6.45) is 10.0. The van der Waals surface area contributed by atoms with Gasteiger partial charge < -0.3 is 4.90 Å². The average Bonchev–Trinajstić information content (AvgIpc) is 2.91. The van der Waals surface area contributed by atoms with E-state index in [1.807, 2.05) is 15.6 Å². The minimum absolute atomic E-state index is 0.000149. The van der Waals surface area contributed by atoms with Crippen molar-refractivity contribution in [3.8, 4) is 0 Å². The molecule has 1 aromatic rings. The molecule has 3 rings (SSSR count). The zero-order valence-electron chi connectivity index (χ0n) is 14.6. The van der Waals surface area contributed by atoms with Gasteiger partial charge in [0, 0.05) is 38.2 Å². The smallest absolute Gasteiger partial charge is 0.227 e. The fourth-order valence-corrected chi connectivity index (χ4v) is 4.03. The van der Waals surface area contributed by atoms with E-state index in [4.69, 9.17) is 0 Å². The first kappa shape index (κ1) is 18.1. The number of aromatic nitrogens is 2. The van der Waals surface area contributed by atoms with E-state index in [9.17, 15) is 13.2 Å². The molecule has 1 atom stereocenters. The number of hydrogen-bond acceptors (Lipinski definition) is 4. The second kappa shape index (κ2) is 7.70. The zero-order chi connectivity index (χ0) is 17.9. The molecule has 8 heteroatoms. The van der Waals surface area contributed by atoms with Crippen molar-refractivity contribution in [1.29, 1.82) is 0 Å². The van der Waals surface area contributed by atoms with Crippen LogP contribution in [0.25, 0.3) is 0 Å². The molecular formula is C17H26N4O3S. The van der Waals surface area contributed by atoms with Gasteiger partial charge in [0.25, 0.3) is 0 Å². The van der Waals surface area contributed by atoms with E-state index in [-0.39, 0.29) is 11.8 Å². The Labute approximate surface area is 149 Å². The summed E-state index contributed by atoms with van der Waals surface area (Å²) < 4.78 is 27.3. The van der Waals surface area contributed by atoms with Crippen molar-refractivity contribution in [1.82, 2.24) is 19.4 Å². The summed E-state index contributed by atoms with van der Waals surface area (Å²) in [5.74, 6) is 0.118. The van der Waals surface area contributed by atoms with E-state index in [0.717, 1.165) is 31.2 Å². The van der Waals surface area contributed by atoms with Crippen LogP contribution in [0.1, 0.15) is 37.8 Å². The summed E-state index contributed by atoms with van der Waals surface area (Å²) in [6.45, 7) is 1.99. The minimum Gasteiger partial charge on any atom is -0.336 e. The van der Waals surface area contributed by atoms with Crippen molar-refractivity contribution in [3.05, 3.63) is 29.6 Å². The monoisotopic (exact) mass is 366 g/mol. The van der Waals surface area contributed by atoms with Crippen molar-refractivity contribution in [2.75, 3.05) is 19.3 Å². The summed E-state index contributed by atoms with van der Waals surface area (Å²) in [7, 11) is -3.25. The van der Waals surface area contributed by atoms with Crippen molar-refractivity contribution < 1.29 is 13.2 Å². The number of nitrogens with zero attached hydrogens (tertiary/aromatic N) is 3. The lowest BCUT2D eigenvalue weighted by atomic mass is 9.96. The van der Waals surface area contributed by atoms with E-state index >= 15 is 0 Å². The molecule has 2 heterocycles. The Hall–Kier alpha value is -1.67. The van der Waals surface area contributed by atoms with E-state index in [1.54, 1.807) is 6.20 Å². The van der Waals surface area contributed by atoms with E-state index in [0.29, 0.717) is 32.6 Å². The molecule has 0 unspecified atom stereocenters. The van der Waals surface area contributed by atoms with Crippen LogP contribution in [0, 0.1) is 5.92 Å². The summed E-state index contributed by atoms with van der Waals surface area (Å²) in [6, 6.07) is 1.92. The SMILES string of the molecule is CS(=O)(=O)NC[C@H]1CN(C(=O)CC2=CCCCC2)Cc2ccnn2C1. The molecule has 0 fully saturated rings. The number of carbonyl (C=O) groups excluding carboxylic acids is 1. The Morgan fingerprint density at radius 1 is 1.36 bits per heavy atom. The van der Waals surface area contributed by atoms with E-state index in [1.165, 1.54) is 12.0 Å². The van der Waals surface area contributed by atoms with Gasteiger partial charge >= 0.3 is 0 Å². The van der Waals surface area contributed by atoms with Crippen LogP contribution in [-0.2, 0) is 27.9 Å². The molecule has 1 amide bonds. The second-order valence-electron chi connectivity index (χ2n) is 7.05. The van der Waals surface area contributed by atoms with Crippen LogP contribution in [-0.4, -0.2) is 48.4 Å². The molecule has 25 heavy (non-hydrogen) atoms. The van der Waals surface area contributed by atoms with Gasteiger partial charge in [0.1, 0.15) is 0 Å². The third-order valence-electron chi connectivity index (χ3n) is 4.82. The highest BCUT2D eigenvalue weighted by Gasteiger charge is 2.26. The Kier molecular flexibility index (Phi) is 5.58. The molecule has 2 aliphatic rings. The van der Waals surface area contributed by atoms with Gasteiger partial charge in [-0.2, -0.15) is 5.10 Å². The molecule has 0 bridgehead atoms. The summed E-state index contributed by atoms with van der Waals surface area (Å²) in [5, 5.41) is 4.31. The highest BCUT2D eigenvalue weighted by Crippen LogP contribution is 2.23. The van der Waals surface area contributed by atoms with Gasteiger partial charge in [-0.1, -0.05) is 11.6 Å². The summed E-state index contributed by atoms with van der Waals surface area (Å²) in [5.41, 5.74) is 2.23. The lowest BCUT2D eigenvalue weighted by Crippen LogP contribution is -2.38. The maximum atomic E-state index is 12.8. The number of amides is 1. The van der Waals surface area contributed by atoms with Gasteiger partial charge in [0.15, 0.2) is 0 Å². The van der Waals surface area contributed by atoms with Crippen molar-refractivity contribution >= 4 is 15.9 Å². The van der Waals surface area contributed by atoms with Gasteiger partial charge in [0.05, 0.1) is 18.5 Å². The Morgan fingerprint density at radius 3 is 2.92 bits per heavy atom. The molecule has 7 nitrogen and oxygen atoms in total. The Balaban J connectivity index is 1.71. The first-order valence-electron chi connectivity index (χ1n) is 8.82. The van der Waals surface area contributed by atoms with E-state index in [2.05, 4.69) is 15.9 Å². The molecule has 0 saturated heterocycles. The third-order valence-corrected chi connectivity index (χ3v) is 5.51. The number of sulfonamides is 1. The number of nitrogens with one attached hydrogen (secondary N) is 1. The number of allylic oxidation sites excluding steroid dienone is 1. The van der Waals surface area contributed by atoms with Gasteiger partial charge in [0.2, 0.25) is 15.9 Å². The lowest BCUT2D eigenvalue weighted by molar-refractivity contribution is -0.131. The molecule has 0 radical (unpaired) electrons. The highest BCUT2D eigenvalue weighted by molar-refractivity contribution is 7.88. The molecule has 0 saturated carbocycles. The molecule has 1 aliphatic carbocycles. The quantitative estimate of drug-likeness (QED) is 0.796. The average molecular weight is 366 g/mol. The summed E-state index contributed by atoms with van der Waals surface area (Å²) in [4.78, 5) is 14.7. The topological polar surface area (TPSA) is 84.3 Å². The van der Waals surface area contributed by atoms with Crippen LogP contribution in [0.15, 0.2) is 23.9 Å². The molecule has 138 valence electrons. The molecule has 1 aliphatic heterocycles. The van der Waals surface area contributed by atoms with Gasteiger partial charge in [-0.3, -0.25) is 9.48 Å². The maximum Gasteiger partial charge on any atom is 0.227 e. The van der Waals surface area contributed by atoms with Crippen LogP contribution in [0.2, 0.25) is 0 Å². The van der Waals surface area contributed by atoms with Crippen molar-refractivity contribution in [3.63, 3.8) is 0 Å². The second-order valence-corrected chi connectivity index (χ2v) is 8.88. The minimum atomic E-state index is -3.25. The normalized spacial score (nSPS) is 21.4. The van der Waals surface area contributed by atoms with Crippen LogP contribution in [0.4, 0.5) is 0 Å². The molecule has 1 N–H and O–H groups in total. The standard InChI is InChI=1S/C17H26N4O3S/c1-25(23,24)19-10-15-11-20(13-16-7-8-18-21(16)12-15)17(22)9-14-5-3-2-4-6-14/h5,7-8,15,19H,2-4,6,9-13H2,1H3/t15-/m0/s1. The highest BCUT2D eigenvalue weighted by atomic mass is 32.2. The Bertz CT molecular complexity index is 754. The fourth-order valence-electron chi connectivity index (χ4n) is 3.49. The first-order valence-corrected chi connectivity index (χ1v) is 10.7. The fraction of sp³-hybridized carbons (Fsp3) is 0.647. The maximum absolute atomic E-state index is 12.8. The first-order chi connectivity index (χ1) is 11.9. The lowest BCUT2D eigenvalue weighted by Gasteiger charge is -2.25. The predicted molar refractivity (Wildman–Crippen MR) is 95.1 cm³/mol. The van der Waals surface area contributed by atoms with Gasteiger partial charge in [-0.05, 0) is 31.7 Å². The Morgan fingerprint density at radius 2 is 2.20 bits per heavy atom. The summed E-state index contributed by atoms with van der Waals surface area (Å²) >= 11 is 0. The van der Waals surface area contributed by atoms with Crippen LogP contribution in [0.3, 0.4) is 0 Å². The number of fused-ring (bicyclic) bond motifs is 1. The molecule has 0 aromatic carbocycles.